The minimum atomic E-state index is -0.551. The molecule has 1 heterocycles. The first-order valence-electron chi connectivity index (χ1n) is 4.87. The molecule has 1 fully saturated rings. The van der Waals surface area contributed by atoms with Gasteiger partial charge in [0.05, 0.1) is 10.6 Å². The fourth-order valence-electron chi connectivity index (χ4n) is 1.97. The van der Waals surface area contributed by atoms with Crippen molar-refractivity contribution in [3.05, 3.63) is 16.6 Å². The normalized spacial score (nSPS) is 21.7. The molecule has 0 aliphatic heterocycles. The minimum absolute atomic E-state index is 0.551. The van der Waals surface area contributed by atoms with Gasteiger partial charge in [-0.05, 0) is 37.4 Å². The van der Waals surface area contributed by atoms with Crippen LogP contribution in [-0.2, 0) is 5.60 Å². The van der Waals surface area contributed by atoms with Crippen LogP contribution in [0.1, 0.15) is 42.7 Å². The summed E-state index contributed by atoms with van der Waals surface area (Å²) in [4.78, 5) is 1.06. The molecule has 1 N–H and O–H groups in total. The number of hydrogen-bond donors (Lipinski definition) is 1. The third-order valence-corrected chi connectivity index (χ3v) is 3.84. The summed E-state index contributed by atoms with van der Waals surface area (Å²) in [6.07, 6.45) is 5.38. The van der Waals surface area contributed by atoms with Gasteiger partial charge in [-0.15, -0.1) is 0 Å². The highest BCUT2D eigenvalue weighted by molar-refractivity contribution is 7.06. The number of aryl methyl sites for hydroxylation is 1. The van der Waals surface area contributed by atoms with Crippen molar-refractivity contribution >= 4 is 11.5 Å². The van der Waals surface area contributed by atoms with Gasteiger partial charge in [0.25, 0.3) is 0 Å². The first-order valence-corrected chi connectivity index (χ1v) is 5.64. The maximum Gasteiger partial charge on any atom is 0.100 e. The first-order chi connectivity index (χ1) is 6.21. The lowest BCUT2D eigenvalue weighted by molar-refractivity contribution is 0.00279. The molecule has 3 heteroatoms. The Morgan fingerprint density at radius 3 is 2.62 bits per heavy atom. The molecule has 1 saturated carbocycles. The predicted octanol–water partition coefficient (Wildman–Crippen LogP) is 2.60. The van der Waals surface area contributed by atoms with E-state index < -0.39 is 5.60 Å². The maximum absolute atomic E-state index is 10.3. The van der Waals surface area contributed by atoms with Crippen LogP contribution < -0.4 is 0 Å². The minimum Gasteiger partial charge on any atom is -0.384 e. The van der Waals surface area contributed by atoms with Gasteiger partial charge in [0.1, 0.15) is 5.60 Å². The first kappa shape index (κ1) is 9.16. The summed E-state index contributed by atoms with van der Waals surface area (Å²) in [5, 5.41) is 10.3. The summed E-state index contributed by atoms with van der Waals surface area (Å²) in [5.74, 6) is 0. The smallest absolute Gasteiger partial charge is 0.100 e. The summed E-state index contributed by atoms with van der Waals surface area (Å²) in [5.41, 5.74) is 0.475. The van der Waals surface area contributed by atoms with Gasteiger partial charge < -0.3 is 5.11 Å². The molecule has 0 unspecified atom stereocenters. The van der Waals surface area contributed by atoms with Crippen LogP contribution in [0.5, 0.6) is 0 Å². The molecule has 0 bridgehead atoms. The Morgan fingerprint density at radius 2 is 2.08 bits per heavy atom. The number of aromatic nitrogens is 1. The summed E-state index contributed by atoms with van der Waals surface area (Å²) in [6, 6.07) is 2.02. The summed E-state index contributed by atoms with van der Waals surface area (Å²) < 4.78 is 4.22. The van der Waals surface area contributed by atoms with Gasteiger partial charge in [-0.2, -0.15) is 4.37 Å². The van der Waals surface area contributed by atoms with Crippen molar-refractivity contribution in [2.45, 2.75) is 44.6 Å². The molecule has 0 saturated heterocycles. The highest BCUT2D eigenvalue weighted by Crippen LogP contribution is 2.38. The van der Waals surface area contributed by atoms with Crippen LogP contribution in [0.3, 0.4) is 0 Å². The third kappa shape index (κ3) is 1.76. The number of hydrogen-bond acceptors (Lipinski definition) is 3. The second kappa shape index (κ2) is 3.39. The van der Waals surface area contributed by atoms with Gasteiger partial charge in [-0.25, -0.2) is 0 Å². The van der Waals surface area contributed by atoms with E-state index in [1.807, 2.05) is 13.0 Å². The molecule has 72 valence electrons. The van der Waals surface area contributed by atoms with Crippen molar-refractivity contribution in [1.82, 2.24) is 4.37 Å². The largest absolute Gasteiger partial charge is 0.384 e. The highest BCUT2D eigenvalue weighted by Gasteiger charge is 2.32. The third-order valence-electron chi connectivity index (χ3n) is 2.77. The molecule has 1 aromatic rings. The summed E-state index contributed by atoms with van der Waals surface area (Å²) >= 11 is 1.45. The molecule has 0 atom stereocenters. The molecule has 1 aromatic heterocycles. The summed E-state index contributed by atoms with van der Waals surface area (Å²) in [7, 11) is 0. The van der Waals surface area contributed by atoms with E-state index in [4.69, 9.17) is 0 Å². The maximum atomic E-state index is 10.3. The van der Waals surface area contributed by atoms with Crippen LogP contribution in [0.4, 0.5) is 0 Å². The van der Waals surface area contributed by atoms with Gasteiger partial charge in [0.2, 0.25) is 0 Å². The molecule has 13 heavy (non-hydrogen) atoms. The second-order valence-electron chi connectivity index (χ2n) is 3.92. The zero-order valence-electron chi connectivity index (χ0n) is 7.92. The molecular weight excluding hydrogens is 182 g/mol. The van der Waals surface area contributed by atoms with Crippen LogP contribution in [-0.4, -0.2) is 9.48 Å². The average Bonchev–Trinajstić information content (AvgIpc) is 2.54. The van der Waals surface area contributed by atoms with Crippen molar-refractivity contribution in [2.24, 2.45) is 0 Å². The predicted molar refractivity (Wildman–Crippen MR) is 53.8 cm³/mol. The van der Waals surface area contributed by atoms with Crippen molar-refractivity contribution in [2.75, 3.05) is 0 Å². The van der Waals surface area contributed by atoms with E-state index in [2.05, 4.69) is 4.37 Å². The SMILES string of the molecule is Cc1cc(C2(O)CCCCC2)sn1. The monoisotopic (exact) mass is 197 g/mol. The molecule has 0 amide bonds. The Morgan fingerprint density at radius 1 is 1.38 bits per heavy atom. The van der Waals surface area contributed by atoms with Crippen molar-refractivity contribution in [1.29, 1.82) is 0 Å². The molecular formula is C10H15NOS. The molecule has 1 aliphatic carbocycles. The fourth-order valence-corrected chi connectivity index (χ4v) is 2.86. The van der Waals surface area contributed by atoms with Crippen LogP contribution in [0.15, 0.2) is 6.07 Å². The van der Waals surface area contributed by atoms with E-state index in [0.29, 0.717) is 0 Å². The molecule has 0 aromatic carbocycles. The average molecular weight is 197 g/mol. The Labute approximate surface area is 82.8 Å². The molecule has 2 rings (SSSR count). The Balaban J connectivity index is 2.22. The molecule has 0 spiro atoms. The molecule has 1 aliphatic rings. The number of rotatable bonds is 1. The van der Waals surface area contributed by atoms with Gasteiger partial charge in [-0.3, -0.25) is 0 Å². The van der Waals surface area contributed by atoms with Crippen molar-refractivity contribution in [3.63, 3.8) is 0 Å². The number of nitrogens with zero attached hydrogens (tertiary/aromatic N) is 1. The number of aliphatic hydroxyl groups is 1. The van der Waals surface area contributed by atoms with Crippen LogP contribution in [0, 0.1) is 6.92 Å². The van der Waals surface area contributed by atoms with Crippen LogP contribution >= 0.6 is 11.5 Å². The lowest BCUT2D eigenvalue weighted by atomic mass is 9.84. The van der Waals surface area contributed by atoms with Crippen molar-refractivity contribution < 1.29 is 5.11 Å². The standard InChI is InChI=1S/C10H15NOS/c1-8-7-9(13-11-8)10(12)5-3-2-4-6-10/h7,12H,2-6H2,1H3. The lowest BCUT2D eigenvalue weighted by Crippen LogP contribution is -2.27. The van der Waals surface area contributed by atoms with Gasteiger partial charge in [0.15, 0.2) is 0 Å². The van der Waals surface area contributed by atoms with Gasteiger partial charge in [0, 0.05) is 0 Å². The topological polar surface area (TPSA) is 33.1 Å². The molecule has 2 nitrogen and oxygen atoms in total. The lowest BCUT2D eigenvalue weighted by Gasteiger charge is -2.30. The fraction of sp³-hybridized carbons (Fsp3) is 0.700. The van der Waals surface area contributed by atoms with E-state index in [0.717, 1.165) is 36.3 Å². The van der Waals surface area contributed by atoms with E-state index in [1.54, 1.807) is 0 Å². The van der Waals surface area contributed by atoms with E-state index >= 15 is 0 Å². The second-order valence-corrected chi connectivity index (χ2v) is 4.73. The van der Waals surface area contributed by atoms with Crippen LogP contribution in [0.25, 0.3) is 0 Å². The summed E-state index contributed by atoms with van der Waals surface area (Å²) in [6.45, 7) is 1.98. The zero-order chi connectivity index (χ0) is 9.31. The Hall–Kier alpha value is -0.410. The Bertz CT molecular complexity index is 289. The van der Waals surface area contributed by atoms with Crippen molar-refractivity contribution in [3.8, 4) is 0 Å². The highest BCUT2D eigenvalue weighted by atomic mass is 32.1. The van der Waals surface area contributed by atoms with E-state index in [1.165, 1.54) is 18.0 Å². The van der Waals surface area contributed by atoms with Gasteiger partial charge >= 0.3 is 0 Å². The van der Waals surface area contributed by atoms with E-state index in [-0.39, 0.29) is 0 Å². The van der Waals surface area contributed by atoms with E-state index in [9.17, 15) is 5.11 Å². The Kier molecular flexibility index (Phi) is 2.39. The van der Waals surface area contributed by atoms with Crippen LogP contribution in [0.2, 0.25) is 0 Å². The molecule has 0 radical (unpaired) electrons. The quantitative estimate of drug-likeness (QED) is 0.750. The zero-order valence-corrected chi connectivity index (χ0v) is 8.73. The van der Waals surface area contributed by atoms with Gasteiger partial charge in [-0.1, -0.05) is 19.3 Å².